The van der Waals surface area contributed by atoms with Gasteiger partial charge < -0.3 is 14.8 Å². The average molecular weight is 233 g/mol. The van der Waals surface area contributed by atoms with Gasteiger partial charge in [0.25, 0.3) is 5.91 Å². The largest absolute Gasteiger partial charge is 0.369 e. The van der Waals surface area contributed by atoms with Gasteiger partial charge in [0.2, 0.25) is 0 Å². The fourth-order valence-corrected chi connectivity index (χ4v) is 2.07. The molecule has 17 heavy (non-hydrogen) atoms. The van der Waals surface area contributed by atoms with Crippen LogP contribution in [0, 0.1) is 0 Å². The second-order valence-electron chi connectivity index (χ2n) is 4.27. The van der Waals surface area contributed by atoms with E-state index in [1.54, 1.807) is 24.3 Å². The highest BCUT2D eigenvalue weighted by atomic mass is 16.3. The summed E-state index contributed by atoms with van der Waals surface area (Å²) < 4.78 is 0. The second-order valence-corrected chi connectivity index (χ2v) is 4.27. The third kappa shape index (κ3) is 2.22. The highest BCUT2D eigenvalue weighted by molar-refractivity contribution is 5.98. The summed E-state index contributed by atoms with van der Waals surface area (Å²) in [6.07, 6.45) is 0.157. The number of rotatable bonds is 4. The molecule has 0 aromatic heterocycles. The number of carbonyl (C=O) groups is 2. The van der Waals surface area contributed by atoms with Crippen LogP contribution in [0.25, 0.3) is 0 Å². The Bertz CT molecular complexity index is 456. The number of hydrogen-bond donors (Lipinski definition) is 1. The van der Waals surface area contributed by atoms with E-state index >= 15 is 0 Å². The minimum absolute atomic E-state index is 0.101. The van der Waals surface area contributed by atoms with Crippen molar-refractivity contribution in [3.05, 3.63) is 35.4 Å². The van der Waals surface area contributed by atoms with Gasteiger partial charge in [-0.15, -0.1) is 0 Å². The zero-order chi connectivity index (χ0) is 12.4. The van der Waals surface area contributed by atoms with Crippen LogP contribution in [0.2, 0.25) is 0 Å². The summed E-state index contributed by atoms with van der Waals surface area (Å²) in [4.78, 5) is 24.2. The summed E-state index contributed by atoms with van der Waals surface area (Å²) in [5.41, 5.74) is 1.21. The fourth-order valence-electron chi connectivity index (χ4n) is 2.07. The molecular weight excluding hydrogens is 218 g/mol. The van der Waals surface area contributed by atoms with E-state index in [0.29, 0.717) is 30.5 Å². The van der Waals surface area contributed by atoms with E-state index in [1.807, 2.05) is 0 Å². The number of carbonyl (C=O) groups excluding carboxylic acids is 2. The van der Waals surface area contributed by atoms with Crippen molar-refractivity contribution in [3.8, 4) is 0 Å². The molecule has 1 aromatic rings. The van der Waals surface area contributed by atoms with Crippen molar-refractivity contribution in [2.45, 2.75) is 26.0 Å². The van der Waals surface area contributed by atoms with E-state index in [2.05, 4.69) is 0 Å². The Balaban J connectivity index is 2.08. The Morgan fingerprint density at radius 2 is 2.12 bits per heavy atom. The summed E-state index contributed by atoms with van der Waals surface area (Å²) in [6.45, 7) is 1.94. The SMILES string of the molecule is CC(=O)CCCN1C(=O)c2ccccc2C1O. The standard InChI is InChI=1S/C13H15NO3/c1-9(15)5-4-8-14-12(16)10-6-2-3-7-11(10)13(14)17/h2-3,6-7,12,16H,4-5,8H2,1H3. The molecule has 1 amide bonds. The van der Waals surface area contributed by atoms with Gasteiger partial charge in [-0.3, -0.25) is 4.79 Å². The Labute approximate surface area is 99.9 Å². The van der Waals surface area contributed by atoms with Crippen LogP contribution < -0.4 is 0 Å². The number of amides is 1. The van der Waals surface area contributed by atoms with Crippen molar-refractivity contribution in [1.29, 1.82) is 0 Å². The van der Waals surface area contributed by atoms with Crippen molar-refractivity contribution < 1.29 is 14.7 Å². The lowest BCUT2D eigenvalue weighted by molar-refractivity contribution is -0.117. The van der Waals surface area contributed by atoms with E-state index in [-0.39, 0.29) is 11.7 Å². The maximum absolute atomic E-state index is 12.0. The number of hydrogen-bond acceptors (Lipinski definition) is 3. The molecule has 4 nitrogen and oxygen atoms in total. The molecule has 0 radical (unpaired) electrons. The molecule has 1 atom stereocenters. The second kappa shape index (κ2) is 4.67. The molecule has 1 unspecified atom stereocenters. The van der Waals surface area contributed by atoms with Crippen LogP contribution >= 0.6 is 0 Å². The Kier molecular flexibility index (Phi) is 3.24. The maximum atomic E-state index is 12.0. The van der Waals surface area contributed by atoms with E-state index < -0.39 is 6.23 Å². The van der Waals surface area contributed by atoms with E-state index in [1.165, 1.54) is 11.8 Å². The first-order valence-electron chi connectivity index (χ1n) is 5.68. The smallest absolute Gasteiger partial charge is 0.256 e. The Morgan fingerprint density at radius 1 is 1.41 bits per heavy atom. The van der Waals surface area contributed by atoms with Crippen molar-refractivity contribution in [2.75, 3.05) is 6.54 Å². The van der Waals surface area contributed by atoms with Gasteiger partial charge in [0, 0.05) is 24.1 Å². The lowest BCUT2D eigenvalue weighted by Crippen LogP contribution is -2.29. The van der Waals surface area contributed by atoms with Gasteiger partial charge in [0.1, 0.15) is 5.78 Å². The lowest BCUT2D eigenvalue weighted by Gasteiger charge is -2.20. The number of aliphatic hydroxyl groups is 1. The van der Waals surface area contributed by atoms with Crippen LogP contribution in [-0.4, -0.2) is 28.2 Å². The number of Topliss-reactive ketones (excluding diaryl/α,β-unsaturated/α-hetero) is 1. The zero-order valence-electron chi connectivity index (χ0n) is 9.72. The molecule has 1 N–H and O–H groups in total. The van der Waals surface area contributed by atoms with Gasteiger partial charge in [0.05, 0.1) is 0 Å². The fraction of sp³-hybridized carbons (Fsp3) is 0.385. The normalized spacial score (nSPS) is 18.4. The summed E-state index contributed by atoms with van der Waals surface area (Å²) in [5, 5.41) is 10.00. The Hall–Kier alpha value is -1.68. The highest BCUT2D eigenvalue weighted by Crippen LogP contribution is 2.31. The molecule has 90 valence electrons. The van der Waals surface area contributed by atoms with Crippen molar-refractivity contribution in [2.24, 2.45) is 0 Å². The van der Waals surface area contributed by atoms with Crippen molar-refractivity contribution in [3.63, 3.8) is 0 Å². The molecule has 0 spiro atoms. The molecule has 0 fully saturated rings. The molecule has 0 aliphatic carbocycles. The Morgan fingerprint density at radius 3 is 2.76 bits per heavy atom. The third-order valence-corrected chi connectivity index (χ3v) is 2.95. The lowest BCUT2D eigenvalue weighted by atomic mass is 10.1. The van der Waals surface area contributed by atoms with Gasteiger partial charge in [0.15, 0.2) is 6.23 Å². The topological polar surface area (TPSA) is 57.6 Å². The van der Waals surface area contributed by atoms with Crippen molar-refractivity contribution in [1.82, 2.24) is 4.90 Å². The summed E-state index contributed by atoms with van der Waals surface area (Å²) in [7, 11) is 0. The highest BCUT2D eigenvalue weighted by Gasteiger charge is 2.34. The van der Waals surface area contributed by atoms with Gasteiger partial charge in [-0.1, -0.05) is 18.2 Å². The minimum atomic E-state index is -0.870. The zero-order valence-corrected chi connectivity index (χ0v) is 9.72. The van der Waals surface area contributed by atoms with Gasteiger partial charge in [-0.2, -0.15) is 0 Å². The van der Waals surface area contributed by atoms with E-state index in [0.717, 1.165) is 0 Å². The third-order valence-electron chi connectivity index (χ3n) is 2.95. The van der Waals surface area contributed by atoms with E-state index in [9.17, 15) is 14.7 Å². The van der Waals surface area contributed by atoms with Crippen LogP contribution in [0.4, 0.5) is 0 Å². The number of aliphatic hydroxyl groups excluding tert-OH is 1. The first-order chi connectivity index (χ1) is 8.11. The van der Waals surface area contributed by atoms with Crippen molar-refractivity contribution >= 4 is 11.7 Å². The molecule has 1 aromatic carbocycles. The molecule has 0 bridgehead atoms. The minimum Gasteiger partial charge on any atom is -0.369 e. The first kappa shape index (κ1) is 11.8. The summed E-state index contributed by atoms with van der Waals surface area (Å²) >= 11 is 0. The predicted octanol–water partition coefficient (Wildman–Crippen LogP) is 1.50. The van der Waals surface area contributed by atoms with Gasteiger partial charge in [-0.05, 0) is 19.4 Å². The number of nitrogens with zero attached hydrogens (tertiary/aromatic N) is 1. The molecule has 4 heteroatoms. The summed E-state index contributed by atoms with van der Waals surface area (Å²) in [6, 6.07) is 7.05. The average Bonchev–Trinajstić information content (AvgIpc) is 2.54. The molecule has 1 heterocycles. The molecule has 0 saturated carbocycles. The summed E-state index contributed by atoms with van der Waals surface area (Å²) in [5.74, 6) is -0.0553. The molecule has 1 aliphatic heterocycles. The predicted molar refractivity (Wildman–Crippen MR) is 62.4 cm³/mol. The van der Waals surface area contributed by atoms with Crippen LogP contribution in [0.15, 0.2) is 24.3 Å². The quantitative estimate of drug-likeness (QED) is 0.857. The molecule has 0 saturated heterocycles. The molecule has 1 aliphatic rings. The maximum Gasteiger partial charge on any atom is 0.256 e. The van der Waals surface area contributed by atoms with Crippen LogP contribution in [-0.2, 0) is 4.79 Å². The molecule has 2 rings (SSSR count). The molecular formula is C13H15NO3. The number of ketones is 1. The first-order valence-corrected chi connectivity index (χ1v) is 5.68. The van der Waals surface area contributed by atoms with Crippen LogP contribution in [0.5, 0.6) is 0 Å². The monoisotopic (exact) mass is 233 g/mol. The van der Waals surface area contributed by atoms with Crippen LogP contribution in [0.3, 0.4) is 0 Å². The van der Waals surface area contributed by atoms with Gasteiger partial charge >= 0.3 is 0 Å². The van der Waals surface area contributed by atoms with Gasteiger partial charge in [-0.25, -0.2) is 0 Å². The van der Waals surface area contributed by atoms with Crippen LogP contribution in [0.1, 0.15) is 41.9 Å². The number of fused-ring (bicyclic) bond motifs is 1. The number of benzene rings is 1. The van der Waals surface area contributed by atoms with E-state index in [4.69, 9.17) is 0 Å².